The van der Waals surface area contributed by atoms with E-state index in [0.29, 0.717) is 6.42 Å². The summed E-state index contributed by atoms with van der Waals surface area (Å²) in [5, 5.41) is 2.39. The van der Waals surface area contributed by atoms with Crippen LogP contribution in [0.4, 0.5) is 0 Å². The third kappa shape index (κ3) is 3.17. The van der Waals surface area contributed by atoms with E-state index in [9.17, 15) is 8.42 Å². The zero-order valence-corrected chi connectivity index (χ0v) is 7.53. The third-order valence-electron chi connectivity index (χ3n) is 1.39. The number of sulfone groups is 1. The first-order valence-electron chi connectivity index (χ1n) is 3.38. The predicted octanol–water partition coefficient (Wildman–Crippen LogP) is 0.377. The van der Waals surface area contributed by atoms with Crippen LogP contribution < -0.4 is 5.32 Å². The molecule has 0 saturated carbocycles. The number of hydrogen-bond acceptors (Lipinski definition) is 3. The summed E-state index contributed by atoms with van der Waals surface area (Å²) in [5.41, 5.74) is 0. The molecule has 0 rings (SSSR count). The van der Waals surface area contributed by atoms with Crippen LogP contribution in [0.15, 0.2) is 0 Å². The molecular weight excluding hydrogens is 150 g/mol. The van der Waals surface area contributed by atoms with Gasteiger partial charge in [0.2, 0.25) is 0 Å². The lowest BCUT2D eigenvalue weighted by atomic mass is 10.3. The molecule has 0 radical (unpaired) electrons. The fourth-order valence-electron chi connectivity index (χ4n) is 0.835. The lowest BCUT2D eigenvalue weighted by molar-refractivity contribution is 0.554. The molecule has 0 bridgehead atoms. The number of rotatable bonds is 4. The van der Waals surface area contributed by atoms with Crippen LogP contribution in [0.2, 0.25) is 0 Å². The Balaban J connectivity index is 4.08. The highest BCUT2D eigenvalue weighted by Gasteiger charge is 2.15. The molecule has 0 heterocycles. The van der Waals surface area contributed by atoms with Gasteiger partial charge in [-0.05, 0) is 13.5 Å². The predicted molar refractivity (Wildman–Crippen MR) is 42.6 cm³/mol. The fraction of sp³-hybridized carbons (Fsp3) is 1.00. The van der Waals surface area contributed by atoms with Gasteiger partial charge in [-0.1, -0.05) is 13.3 Å². The fourth-order valence-corrected chi connectivity index (χ4v) is 1.93. The SMILES string of the molecule is CCCC(NC)S(C)(=O)=O. The normalized spacial score (nSPS) is 15.1. The van der Waals surface area contributed by atoms with Gasteiger partial charge in [-0.2, -0.15) is 0 Å². The average molecular weight is 165 g/mol. The van der Waals surface area contributed by atoms with E-state index in [1.807, 2.05) is 6.92 Å². The smallest absolute Gasteiger partial charge is 0.163 e. The van der Waals surface area contributed by atoms with E-state index in [4.69, 9.17) is 0 Å². The summed E-state index contributed by atoms with van der Waals surface area (Å²) in [6.45, 7) is 1.97. The zero-order chi connectivity index (χ0) is 8.20. The van der Waals surface area contributed by atoms with Crippen LogP contribution in [-0.4, -0.2) is 27.1 Å². The van der Waals surface area contributed by atoms with Gasteiger partial charge in [-0.25, -0.2) is 8.42 Å². The molecule has 1 N–H and O–H groups in total. The van der Waals surface area contributed by atoms with Gasteiger partial charge < -0.3 is 5.32 Å². The lowest BCUT2D eigenvalue weighted by Gasteiger charge is -2.11. The Bertz CT molecular complexity index is 174. The minimum atomic E-state index is -2.89. The maximum Gasteiger partial charge on any atom is 0.163 e. The largest absolute Gasteiger partial charge is 0.304 e. The van der Waals surface area contributed by atoms with E-state index in [1.54, 1.807) is 7.05 Å². The van der Waals surface area contributed by atoms with Gasteiger partial charge in [0.05, 0.1) is 0 Å². The first-order valence-corrected chi connectivity index (χ1v) is 5.34. The molecule has 0 aromatic carbocycles. The van der Waals surface area contributed by atoms with Gasteiger partial charge in [0.25, 0.3) is 0 Å². The quantitative estimate of drug-likeness (QED) is 0.655. The highest BCUT2D eigenvalue weighted by Crippen LogP contribution is 2.02. The van der Waals surface area contributed by atoms with Gasteiger partial charge in [0, 0.05) is 6.26 Å². The first kappa shape index (κ1) is 9.91. The summed E-state index contributed by atoms with van der Waals surface area (Å²) in [7, 11) is -1.22. The number of nitrogens with one attached hydrogen (secondary N) is 1. The Hall–Kier alpha value is -0.0900. The summed E-state index contributed by atoms with van der Waals surface area (Å²) < 4.78 is 21.8. The molecular formula is C6H15NO2S. The van der Waals surface area contributed by atoms with E-state index in [1.165, 1.54) is 6.26 Å². The Labute approximate surface area is 62.7 Å². The van der Waals surface area contributed by atoms with E-state index >= 15 is 0 Å². The molecule has 0 aromatic heterocycles. The van der Waals surface area contributed by atoms with E-state index < -0.39 is 9.84 Å². The second-order valence-electron chi connectivity index (χ2n) is 2.40. The average Bonchev–Trinajstić information content (AvgIpc) is 1.80. The standard InChI is InChI=1S/C6H15NO2S/c1-4-5-6(7-2)10(3,8)9/h6-7H,4-5H2,1-3H3. The zero-order valence-electron chi connectivity index (χ0n) is 6.72. The monoisotopic (exact) mass is 165 g/mol. The summed E-state index contributed by atoms with van der Waals surface area (Å²) in [5.74, 6) is 0. The van der Waals surface area contributed by atoms with Crippen molar-refractivity contribution < 1.29 is 8.42 Å². The molecule has 0 aliphatic rings. The molecule has 0 fully saturated rings. The van der Waals surface area contributed by atoms with Crippen LogP contribution in [-0.2, 0) is 9.84 Å². The second kappa shape index (κ2) is 3.93. The Morgan fingerprint density at radius 2 is 2.00 bits per heavy atom. The molecule has 1 unspecified atom stereocenters. The third-order valence-corrected chi connectivity index (χ3v) is 2.89. The summed E-state index contributed by atoms with van der Waals surface area (Å²) in [4.78, 5) is 0. The van der Waals surface area contributed by atoms with Crippen molar-refractivity contribution in [2.75, 3.05) is 13.3 Å². The maximum atomic E-state index is 10.9. The minimum Gasteiger partial charge on any atom is -0.304 e. The molecule has 0 saturated heterocycles. The van der Waals surface area contributed by atoms with Crippen LogP contribution >= 0.6 is 0 Å². The highest BCUT2D eigenvalue weighted by molar-refractivity contribution is 7.91. The van der Waals surface area contributed by atoms with Crippen LogP contribution in [0.5, 0.6) is 0 Å². The van der Waals surface area contributed by atoms with E-state index in [2.05, 4.69) is 5.32 Å². The Morgan fingerprint density at radius 3 is 2.10 bits per heavy atom. The van der Waals surface area contributed by atoms with Crippen LogP contribution in [0, 0.1) is 0 Å². The van der Waals surface area contributed by atoms with Crippen molar-refractivity contribution in [3.8, 4) is 0 Å². The van der Waals surface area contributed by atoms with Crippen molar-refractivity contribution in [1.29, 1.82) is 0 Å². The molecule has 3 nitrogen and oxygen atoms in total. The van der Waals surface area contributed by atoms with Gasteiger partial charge in [0.15, 0.2) is 9.84 Å². The van der Waals surface area contributed by atoms with Crippen molar-refractivity contribution in [3.63, 3.8) is 0 Å². The summed E-state index contributed by atoms with van der Waals surface area (Å²) >= 11 is 0. The van der Waals surface area contributed by atoms with E-state index in [0.717, 1.165) is 6.42 Å². The number of hydrogen-bond donors (Lipinski definition) is 1. The van der Waals surface area contributed by atoms with Gasteiger partial charge in [-0.15, -0.1) is 0 Å². The second-order valence-corrected chi connectivity index (χ2v) is 4.62. The van der Waals surface area contributed by atoms with Crippen LogP contribution in [0.25, 0.3) is 0 Å². The van der Waals surface area contributed by atoms with Crippen molar-refractivity contribution in [1.82, 2.24) is 5.32 Å². The van der Waals surface area contributed by atoms with Gasteiger partial charge in [-0.3, -0.25) is 0 Å². The molecule has 1 atom stereocenters. The lowest BCUT2D eigenvalue weighted by Crippen LogP contribution is -2.32. The molecule has 0 spiro atoms. The van der Waals surface area contributed by atoms with Crippen molar-refractivity contribution in [3.05, 3.63) is 0 Å². The summed E-state index contributed by atoms with van der Waals surface area (Å²) in [6.07, 6.45) is 2.83. The minimum absolute atomic E-state index is 0.363. The molecule has 4 heteroatoms. The van der Waals surface area contributed by atoms with Crippen molar-refractivity contribution in [2.24, 2.45) is 0 Å². The van der Waals surface area contributed by atoms with Gasteiger partial charge in [0.1, 0.15) is 5.37 Å². The van der Waals surface area contributed by atoms with Crippen molar-refractivity contribution >= 4 is 9.84 Å². The van der Waals surface area contributed by atoms with E-state index in [-0.39, 0.29) is 5.37 Å². The van der Waals surface area contributed by atoms with Gasteiger partial charge >= 0.3 is 0 Å². The molecule has 10 heavy (non-hydrogen) atoms. The van der Waals surface area contributed by atoms with Crippen LogP contribution in [0.3, 0.4) is 0 Å². The molecule has 0 aromatic rings. The molecule has 62 valence electrons. The summed E-state index contributed by atoms with van der Waals surface area (Å²) in [6, 6.07) is 0. The topological polar surface area (TPSA) is 46.2 Å². The maximum absolute atomic E-state index is 10.9. The Kier molecular flexibility index (Phi) is 3.89. The molecule has 0 aliphatic heterocycles. The Morgan fingerprint density at radius 1 is 1.50 bits per heavy atom. The van der Waals surface area contributed by atoms with Crippen LogP contribution in [0.1, 0.15) is 19.8 Å². The molecule has 0 amide bonds. The first-order chi connectivity index (χ1) is 4.52. The van der Waals surface area contributed by atoms with Crippen molar-refractivity contribution in [2.45, 2.75) is 25.1 Å². The highest BCUT2D eigenvalue weighted by atomic mass is 32.2. The molecule has 0 aliphatic carbocycles.